The second-order valence-electron chi connectivity index (χ2n) is 3.29. The highest BCUT2D eigenvalue weighted by atomic mass is 32.1. The van der Waals surface area contributed by atoms with E-state index in [1.54, 1.807) is 11.3 Å². The summed E-state index contributed by atoms with van der Waals surface area (Å²) in [6, 6.07) is 6.45. The van der Waals surface area contributed by atoms with Gasteiger partial charge in [0.1, 0.15) is 6.04 Å². The van der Waals surface area contributed by atoms with Gasteiger partial charge in [0, 0.05) is 4.88 Å². The third-order valence-electron chi connectivity index (χ3n) is 2.44. The minimum absolute atomic E-state index is 0.00231. The molecule has 1 aromatic rings. The molecule has 3 heteroatoms. The van der Waals surface area contributed by atoms with Gasteiger partial charge in [0.05, 0.1) is 6.07 Å². The SMILES string of the molecule is N#CC(c1cccs1)N1CCCC1. The fourth-order valence-corrected chi connectivity index (χ4v) is 2.57. The molecule has 1 unspecified atom stereocenters. The lowest BCUT2D eigenvalue weighted by Gasteiger charge is -2.19. The first kappa shape index (κ1) is 8.74. The molecule has 1 fully saturated rings. The highest BCUT2D eigenvalue weighted by Crippen LogP contribution is 2.27. The number of hydrogen-bond donors (Lipinski definition) is 0. The van der Waals surface area contributed by atoms with Gasteiger partial charge in [-0.2, -0.15) is 5.26 Å². The van der Waals surface area contributed by atoms with Crippen molar-refractivity contribution in [1.82, 2.24) is 4.90 Å². The van der Waals surface area contributed by atoms with E-state index >= 15 is 0 Å². The lowest BCUT2D eigenvalue weighted by molar-refractivity contribution is 0.298. The van der Waals surface area contributed by atoms with Gasteiger partial charge in [-0.1, -0.05) is 6.07 Å². The first-order valence-electron chi connectivity index (χ1n) is 4.59. The van der Waals surface area contributed by atoms with Crippen LogP contribution in [0.5, 0.6) is 0 Å². The zero-order chi connectivity index (χ0) is 9.10. The molecule has 1 aromatic heterocycles. The summed E-state index contributed by atoms with van der Waals surface area (Å²) in [5.41, 5.74) is 0. The number of hydrogen-bond acceptors (Lipinski definition) is 3. The zero-order valence-corrected chi connectivity index (χ0v) is 8.26. The maximum atomic E-state index is 9.07. The van der Waals surface area contributed by atoms with Gasteiger partial charge in [0.15, 0.2) is 0 Å². The normalized spacial score (nSPS) is 19.9. The molecule has 0 aliphatic carbocycles. The van der Waals surface area contributed by atoms with E-state index in [0.29, 0.717) is 0 Å². The second-order valence-corrected chi connectivity index (χ2v) is 4.27. The van der Waals surface area contributed by atoms with Crippen LogP contribution in [0.2, 0.25) is 0 Å². The van der Waals surface area contributed by atoms with Crippen molar-refractivity contribution in [3.8, 4) is 6.07 Å². The predicted octanol–water partition coefficient (Wildman–Crippen LogP) is 2.41. The molecule has 1 aliphatic rings. The molecular formula is C10H12N2S. The van der Waals surface area contributed by atoms with Crippen LogP contribution in [0.3, 0.4) is 0 Å². The summed E-state index contributed by atoms with van der Waals surface area (Å²) in [4.78, 5) is 3.45. The molecule has 0 amide bonds. The fraction of sp³-hybridized carbons (Fsp3) is 0.500. The van der Waals surface area contributed by atoms with Crippen LogP contribution in [0, 0.1) is 11.3 Å². The molecular weight excluding hydrogens is 180 g/mol. The largest absolute Gasteiger partial charge is 0.284 e. The van der Waals surface area contributed by atoms with Crippen molar-refractivity contribution < 1.29 is 0 Å². The van der Waals surface area contributed by atoms with Crippen LogP contribution in [0.1, 0.15) is 23.8 Å². The standard InChI is InChI=1S/C10H12N2S/c11-8-9(10-4-3-7-13-10)12-5-1-2-6-12/h3-4,7,9H,1-2,5-6H2. The van der Waals surface area contributed by atoms with Crippen molar-refractivity contribution in [2.24, 2.45) is 0 Å². The molecule has 1 aliphatic heterocycles. The topological polar surface area (TPSA) is 27.0 Å². The lowest BCUT2D eigenvalue weighted by atomic mass is 10.2. The van der Waals surface area contributed by atoms with Gasteiger partial charge >= 0.3 is 0 Å². The summed E-state index contributed by atoms with van der Waals surface area (Å²) in [5, 5.41) is 11.1. The molecule has 1 saturated heterocycles. The Kier molecular flexibility index (Phi) is 2.62. The number of thiophene rings is 1. The molecule has 0 saturated carbocycles. The third-order valence-corrected chi connectivity index (χ3v) is 3.37. The fourth-order valence-electron chi connectivity index (χ4n) is 1.77. The average molecular weight is 192 g/mol. The van der Waals surface area contributed by atoms with Gasteiger partial charge in [-0.05, 0) is 37.4 Å². The molecule has 2 heterocycles. The summed E-state index contributed by atoms with van der Waals surface area (Å²) in [5.74, 6) is 0. The molecule has 13 heavy (non-hydrogen) atoms. The van der Waals surface area contributed by atoms with E-state index in [1.807, 2.05) is 11.4 Å². The highest BCUT2D eigenvalue weighted by molar-refractivity contribution is 7.10. The van der Waals surface area contributed by atoms with E-state index in [0.717, 1.165) is 13.1 Å². The van der Waals surface area contributed by atoms with Gasteiger partial charge in [0.2, 0.25) is 0 Å². The van der Waals surface area contributed by atoms with Crippen molar-refractivity contribution in [3.63, 3.8) is 0 Å². The summed E-state index contributed by atoms with van der Waals surface area (Å²) in [7, 11) is 0. The van der Waals surface area contributed by atoms with E-state index < -0.39 is 0 Å². The van der Waals surface area contributed by atoms with E-state index in [-0.39, 0.29) is 6.04 Å². The monoisotopic (exact) mass is 192 g/mol. The van der Waals surface area contributed by atoms with Crippen LogP contribution < -0.4 is 0 Å². The van der Waals surface area contributed by atoms with Crippen molar-refractivity contribution in [1.29, 1.82) is 5.26 Å². The predicted molar refractivity (Wildman–Crippen MR) is 53.5 cm³/mol. The second kappa shape index (κ2) is 3.91. The van der Waals surface area contributed by atoms with E-state index in [2.05, 4.69) is 17.0 Å². The van der Waals surface area contributed by atoms with Crippen LogP contribution in [-0.2, 0) is 0 Å². The van der Waals surface area contributed by atoms with Gasteiger partial charge in [0.25, 0.3) is 0 Å². The van der Waals surface area contributed by atoms with Crippen LogP contribution in [0.25, 0.3) is 0 Å². The van der Waals surface area contributed by atoms with Crippen molar-refractivity contribution in [2.75, 3.05) is 13.1 Å². The lowest BCUT2D eigenvalue weighted by Crippen LogP contribution is -2.23. The maximum absolute atomic E-state index is 9.07. The Morgan fingerprint density at radius 2 is 2.23 bits per heavy atom. The average Bonchev–Trinajstić information content (AvgIpc) is 2.76. The van der Waals surface area contributed by atoms with E-state index in [1.165, 1.54) is 17.7 Å². The molecule has 0 N–H and O–H groups in total. The summed E-state index contributed by atoms with van der Waals surface area (Å²) in [6.07, 6.45) is 2.48. The summed E-state index contributed by atoms with van der Waals surface area (Å²) >= 11 is 1.68. The Morgan fingerprint density at radius 1 is 1.46 bits per heavy atom. The van der Waals surface area contributed by atoms with Crippen LogP contribution in [-0.4, -0.2) is 18.0 Å². The number of rotatable bonds is 2. The van der Waals surface area contributed by atoms with E-state index in [9.17, 15) is 0 Å². The van der Waals surface area contributed by atoms with E-state index in [4.69, 9.17) is 5.26 Å². The number of nitrogens with zero attached hydrogens (tertiary/aromatic N) is 2. The van der Waals surface area contributed by atoms with Crippen LogP contribution >= 0.6 is 11.3 Å². The van der Waals surface area contributed by atoms with Gasteiger partial charge < -0.3 is 0 Å². The molecule has 0 spiro atoms. The molecule has 2 nitrogen and oxygen atoms in total. The summed E-state index contributed by atoms with van der Waals surface area (Å²) in [6.45, 7) is 2.16. The highest BCUT2D eigenvalue weighted by Gasteiger charge is 2.23. The van der Waals surface area contributed by atoms with Gasteiger partial charge in [-0.15, -0.1) is 11.3 Å². The Balaban J connectivity index is 2.14. The Morgan fingerprint density at radius 3 is 2.77 bits per heavy atom. The Bertz CT molecular complexity index is 293. The Hall–Kier alpha value is -0.850. The molecule has 68 valence electrons. The molecule has 0 bridgehead atoms. The smallest absolute Gasteiger partial charge is 0.133 e. The quantitative estimate of drug-likeness (QED) is 0.719. The first-order valence-corrected chi connectivity index (χ1v) is 5.47. The minimum Gasteiger partial charge on any atom is -0.284 e. The first-order chi connectivity index (χ1) is 6.42. The van der Waals surface area contributed by atoms with Crippen LogP contribution in [0.15, 0.2) is 17.5 Å². The molecule has 0 radical (unpaired) electrons. The maximum Gasteiger partial charge on any atom is 0.133 e. The summed E-state index contributed by atoms with van der Waals surface area (Å²) < 4.78 is 0. The zero-order valence-electron chi connectivity index (χ0n) is 7.44. The van der Waals surface area contributed by atoms with Crippen molar-refractivity contribution >= 4 is 11.3 Å². The molecule has 2 rings (SSSR count). The number of likely N-dealkylation sites (tertiary alicyclic amines) is 1. The van der Waals surface area contributed by atoms with Gasteiger partial charge in [-0.25, -0.2) is 0 Å². The molecule has 0 aromatic carbocycles. The minimum atomic E-state index is 0.00231. The Labute approximate surface area is 82.4 Å². The van der Waals surface area contributed by atoms with Crippen molar-refractivity contribution in [3.05, 3.63) is 22.4 Å². The third kappa shape index (κ3) is 1.74. The molecule has 1 atom stereocenters. The number of nitriles is 1. The van der Waals surface area contributed by atoms with Gasteiger partial charge in [-0.3, -0.25) is 4.90 Å². The van der Waals surface area contributed by atoms with Crippen molar-refractivity contribution in [2.45, 2.75) is 18.9 Å². The van der Waals surface area contributed by atoms with Crippen LogP contribution in [0.4, 0.5) is 0 Å².